The van der Waals surface area contributed by atoms with Gasteiger partial charge >= 0.3 is 11.9 Å². The van der Waals surface area contributed by atoms with Crippen molar-refractivity contribution in [2.75, 3.05) is 0 Å². The summed E-state index contributed by atoms with van der Waals surface area (Å²) >= 11 is 0. The summed E-state index contributed by atoms with van der Waals surface area (Å²) in [5.41, 5.74) is 16.1. The zero-order chi connectivity index (χ0) is 57.8. The Balaban J connectivity index is 0.989. The average molecular weight is 1130 g/mol. The number of aryl methyl sites for hydroxylation is 1. The number of hydrogen-bond donors (Lipinski definition) is 1. The van der Waals surface area contributed by atoms with Crippen LogP contribution in [0.4, 0.5) is 0 Å². The molecule has 1 N–H and O–H groups in total. The lowest BCUT2D eigenvalue weighted by molar-refractivity contribution is -0.135. The van der Waals surface area contributed by atoms with Crippen LogP contribution in [0.15, 0.2) is 254 Å². The highest BCUT2D eigenvalue weighted by molar-refractivity contribution is 6.06. The molecule has 1 aliphatic heterocycles. The molecule has 7 heteroatoms. The summed E-state index contributed by atoms with van der Waals surface area (Å²) in [5.74, 6) is 0.433. The number of dihydropyridines is 1. The average Bonchev–Trinajstić information content (AvgIpc) is 1.53. The van der Waals surface area contributed by atoms with Crippen molar-refractivity contribution < 1.29 is 19.1 Å². The number of nitrogens with one attached hydrogen (secondary N) is 1. The minimum absolute atomic E-state index is 0.0461. The van der Waals surface area contributed by atoms with Crippen LogP contribution in [-0.4, -0.2) is 27.9 Å². The van der Waals surface area contributed by atoms with E-state index in [-0.39, 0.29) is 30.8 Å². The fourth-order valence-corrected chi connectivity index (χ4v) is 16.2. The van der Waals surface area contributed by atoms with Crippen molar-refractivity contribution in [3.05, 3.63) is 298 Å². The van der Waals surface area contributed by atoms with Gasteiger partial charge in [-0.05, 0) is 159 Å². The Morgan fingerprint density at radius 2 is 1.01 bits per heavy atom. The molecule has 6 aliphatic rings. The summed E-state index contributed by atoms with van der Waals surface area (Å²) in [5, 5.41) is 10.7. The van der Waals surface area contributed by atoms with Crippen LogP contribution in [-0.2, 0) is 32.3 Å². The van der Waals surface area contributed by atoms with E-state index in [1.807, 2.05) is 60.7 Å². The van der Waals surface area contributed by atoms with Gasteiger partial charge in [-0.1, -0.05) is 200 Å². The maximum atomic E-state index is 15.0. The number of carbonyl (C=O) groups is 2. The molecule has 0 bridgehead atoms. The first-order valence-corrected chi connectivity index (χ1v) is 30.6. The van der Waals surface area contributed by atoms with Gasteiger partial charge in [-0.2, -0.15) is 0 Å². The van der Waals surface area contributed by atoms with Crippen molar-refractivity contribution in [3.63, 3.8) is 0 Å². The zero-order valence-electron chi connectivity index (χ0n) is 47.9. The van der Waals surface area contributed by atoms with Crippen molar-refractivity contribution in [3.8, 4) is 34.0 Å². The van der Waals surface area contributed by atoms with Crippen LogP contribution >= 0.6 is 0 Å². The van der Waals surface area contributed by atoms with Gasteiger partial charge in [0.1, 0.15) is 11.5 Å². The van der Waals surface area contributed by atoms with Crippen molar-refractivity contribution in [1.82, 2.24) is 15.3 Å². The third-order valence-electron chi connectivity index (χ3n) is 19.9. The highest BCUT2D eigenvalue weighted by Crippen LogP contribution is 2.68. The highest BCUT2D eigenvalue weighted by Gasteiger charge is 2.60. The van der Waals surface area contributed by atoms with E-state index in [4.69, 9.17) is 19.4 Å². The van der Waals surface area contributed by atoms with Crippen LogP contribution in [0.1, 0.15) is 89.5 Å². The van der Waals surface area contributed by atoms with Gasteiger partial charge in [0.2, 0.25) is 0 Å². The summed E-state index contributed by atoms with van der Waals surface area (Å²) in [7, 11) is 0. The molecule has 5 aliphatic carbocycles. The fourth-order valence-electron chi connectivity index (χ4n) is 16.2. The van der Waals surface area contributed by atoms with Gasteiger partial charge in [0.15, 0.2) is 0 Å². The lowest BCUT2D eigenvalue weighted by Crippen LogP contribution is -2.44. The number of nitrogens with zero attached hydrogens (tertiary/aromatic N) is 2. The molecule has 0 saturated heterocycles. The first kappa shape index (κ1) is 51.2. The molecule has 2 aromatic heterocycles. The zero-order valence-corrected chi connectivity index (χ0v) is 47.9. The highest BCUT2D eigenvalue weighted by atomic mass is 16.5. The Morgan fingerprint density at radius 3 is 1.64 bits per heavy atom. The smallest absolute Gasteiger partial charge is 0.311 e. The molecule has 4 unspecified atom stereocenters. The standard InChI is InChI=1S/C80H59N3O4/c84-70(86-56-25-3-1-4-26-56)41-43-78(61-38-35-50-19-7-13-29-58(50)72(61)75-64(78)45-53-22-10-16-32-67(53)81-75)48-80(63-40-37-52-21-9-15-31-60(52)74(63)77-66(80)47-55-24-12-18-34-69(55)83-77)49-79(44-42-71(85)87-57-27-5-2-6-28-57)62-39-36-51-20-8-14-30-59(51)73(62)76-65(79)46-54-23-11-17-33-68(54)82-76/h1-7,9-19,21-40,45-47,68,82H,8,20,41-44,48-49H2. The van der Waals surface area contributed by atoms with Gasteiger partial charge in [-0.3, -0.25) is 9.59 Å². The van der Waals surface area contributed by atoms with Crippen molar-refractivity contribution in [2.45, 2.75) is 73.7 Å². The number of esters is 2. The molecule has 418 valence electrons. The minimum Gasteiger partial charge on any atom is -0.427 e. The minimum atomic E-state index is -0.919. The molecular formula is C80H59N3O4. The van der Waals surface area contributed by atoms with Crippen LogP contribution in [0.25, 0.3) is 77.6 Å². The molecule has 0 amide bonds. The Hall–Kier alpha value is -10.2. The molecular weight excluding hydrogens is 1070 g/mol. The Kier molecular flexibility index (Phi) is 11.7. The summed E-state index contributed by atoms with van der Waals surface area (Å²) < 4.78 is 12.6. The van der Waals surface area contributed by atoms with E-state index >= 15 is 0 Å². The largest absolute Gasteiger partial charge is 0.427 e. The molecule has 17 rings (SSSR count). The van der Waals surface area contributed by atoms with Gasteiger partial charge in [0, 0.05) is 62.2 Å². The second-order valence-corrected chi connectivity index (χ2v) is 24.5. The molecule has 0 fully saturated rings. The molecule has 4 atom stereocenters. The van der Waals surface area contributed by atoms with E-state index in [1.54, 1.807) is 0 Å². The Bertz CT molecular complexity index is 4920. The number of pyridine rings is 2. The molecule has 0 saturated carbocycles. The normalized spacial score (nSPS) is 20.5. The fraction of sp³-hybridized carbons (Fsp3) is 0.150. The second kappa shape index (κ2) is 19.9. The van der Waals surface area contributed by atoms with E-state index in [9.17, 15) is 9.59 Å². The molecule has 9 aromatic carbocycles. The number of carbonyl (C=O) groups excluding carboxylic acids is 2. The van der Waals surface area contributed by atoms with Gasteiger partial charge in [0.05, 0.1) is 28.5 Å². The molecule has 87 heavy (non-hydrogen) atoms. The Labute approximate surface area is 504 Å². The van der Waals surface area contributed by atoms with Gasteiger partial charge in [-0.25, -0.2) is 9.97 Å². The van der Waals surface area contributed by atoms with Crippen molar-refractivity contribution >= 4 is 67.1 Å². The number of aromatic nitrogens is 2. The van der Waals surface area contributed by atoms with Crippen LogP contribution < -0.4 is 14.8 Å². The number of para-hydroxylation sites is 4. The van der Waals surface area contributed by atoms with Crippen molar-refractivity contribution in [1.29, 1.82) is 0 Å². The SMILES string of the molecule is O=C(CCC1(CC2(CC3(CCC(=O)Oc4ccccc4)c4cc5ccccc5nc4-c4c3ccc3ccccc43)c3cc4ccccc4nc3-c3c2ccc2ccccc32)C2=C(NC3C=CC=CC3=C2)c2c1ccc1c2C=CCC1)Oc1ccccc1. The van der Waals surface area contributed by atoms with Gasteiger partial charge < -0.3 is 14.8 Å². The Morgan fingerprint density at radius 1 is 0.494 bits per heavy atom. The molecule has 11 aromatic rings. The van der Waals surface area contributed by atoms with Gasteiger partial charge in [-0.15, -0.1) is 0 Å². The number of ether oxygens (including phenoxy) is 2. The number of fused-ring (bicyclic) bond motifs is 17. The maximum absolute atomic E-state index is 15.0. The first-order valence-electron chi connectivity index (χ1n) is 30.6. The number of allylic oxidation sites excluding steroid dienone is 5. The second-order valence-electron chi connectivity index (χ2n) is 24.5. The van der Waals surface area contributed by atoms with E-state index in [0.717, 1.165) is 101 Å². The number of hydrogen-bond acceptors (Lipinski definition) is 7. The molecule has 0 radical (unpaired) electrons. The molecule has 7 nitrogen and oxygen atoms in total. The third kappa shape index (κ3) is 8.02. The van der Waals surface area contributed by atoms with Crippen LogP contribution in [0, 0.1) is 0 Å². The van der Waals surface area contributed by atoms with E-state index in [1.165, 1.54) is 39.0 Å². The summed E-state index contributed by atoms with van der Waals surface area (Å²) in [4.78, 5) is 41.6. The van der Waals surface area contributed by atoms with E-state index in [0.29, 0.717) is 37.2 Å². The first-order chi connectivity index (χ1) is 42.8. The lowest BCUT2D eigenvalue weighted by atomic mass is 9.54. The summed E-state index contributed by atoms with van der Waals surface area (Å²) in [6.45, 7) is 0. The summed E-state index contributed by atoms with van der Waals surface area (Å²) in [6.07, 6.45) is 19.9. The van der Waals surface area contributed by atoms with Gasteiger partial charge in [0.25, 0.3) is 0 Å². The monoisotopic (exact) mass is 1130 g/mol. The predicted molar refractivity (Wildman–Crippen MR) is 348 cm³/mol. The number of rotatable bonds is 12. The maximum Gasteiger partial charge on any atom is 0.311 e. The van der Waals surface area contributed by atoms with Crippen LogP contribution in [0.2, 0.25) is 0 Å². The molecule has 3 heterocycles. The lowest BCUT2D eigenvalue weighted by Gasteiger charge is -2.48. The number of benzene rings is 9. The van der Waals surface area contributed by atoms with Crippen LogP contribution in [0.3, 0.4) is 0 Å². The van der Waals surface area contributed by atoms with Crippen LogP contribution in [0.5, 0.6) is 11.5 Å². The third-order valence-corrected chi connectivity index (χ3v) is 19.9. The quantitative estimate of drug-likeness (QED) is 0.0963. The summed E-state index contributed by atoms with van der Waals surface area (Å²) in [6, 6.07) is 72.2. The topological polar surface area (TPSA) is 90.4 Å². The molecule has 0 spiro atoms. The van der Waals surface area contributed by atoms with E-state index in [2.05, 4.69) is 193 Å². The van der Waals surface area contributed by atoms with Crippen molar-refractivity contribution in [2.24, 2.45) is 0 Å². The van der Waals surface area contributed by atoms with E-state index < -0.39 is 16.2 Å². The predicted octanol–water partition coefficient (Wildman–Crippen LogP) is 17.5.